The van der Waals surface area contributed by atoms with E-state index < -0.39 is 15.8 Å². The van der Waals surface area contributed by atoms with E-state index >= 15 is 0 Å². The quantitative estimate of drug-likeness (QED) is 0.555. The fraction of sp³-hybridized carbons (Fsp3) is 0.429. The second-order valence-electron chi connectivity index (χ2n) is 7.96. The van der Waals surface area contributed by atoms with Gasteiger partial charge in [0, 0.05) is 25.3 Å². The number of hydrogen-bond donors (Lipinski definition) is 3. The first kappa shape index (κ1) is 21.7. The number of piperazine rings is 1. The maximum absolute atomic E-state index is 13.2. The topological polar surface area (TPSA) is 58.3 Å². The van der Waals surface area contributed by atoms with E-state index in [1.54, 1.807) is 0 Å². The lowest BCUT2D eigenvalue weighted by Gasteiger charge is -2.33. The number of halogens is 1. The summed E-state index contributed by atoms with van der Waals surface area (Å²) >= 11 is 0. The van der Waals surface area contributed by atoms with Gasteiger partial charge in [0.25, 0.3) is 0 Å². The first-order valence-corrected chi connectivity index (χ1v) is 11.4. The van der Waals surface area contributed by atoms with Crippen LogP contribution in [0.5, 0.6) is 0 Å². The predicted molar refractivity (Wildman–Crippen MR) is 112 cm³/mol. The second-order valence-corrected chi connectivity index (χ2v) is 9.73. The molecule has 0 aliphatic carbocycles. The molecule has 6 nitrogen and oxygen atoms in total. The Hall–Kier alpha value is -2.00. The Balaban J connectivity index is 1.80. The first-order valence-electron chi connectivity index (χ1n) is 9.94. The molecule has 1 heterocycles. The Bertz CT molecular complexity index is 893. The number of quaternary nitrogens is 2. The van der Waals surface area contributed by atoms with Gasteiger partial charge in [-0.1, -0.05) is 12.1 Å². The van der Waals surface area contributed by atoms with E-state index in [9.17, 15) is 12.8 Å². The van der Waals surface area contributed by atoms with Crippen LogP contribution in [-0.2, 0) is 10.0 Å². The molecule has 1 fully saturated rings. The van der Waals surface area contributed by atoms with Crippen LogP contribution in [0.3, 0.4) is 0 Å². The zero-order valence-electron chi connectivity index (χ0n) is 17.3. The lowest BCUT2D eigenvalue weighted by Crippen LogP contribution is -3.27. The van der Waals surface area contributed by atoms with Crippen molar-refractivity contribution >= 4 is 15.7 Å². The molecule has 0 unspecified atom stereocenters. The van der Waals surface area contributed by atoms with Crippen molar-refractivity contribution in [2.24, 2.45) is 0 Å². The summed E-state index contributed by atoms with van der Waals surface area (Å²) < 4.78 is 41.3. The summed E-state index contributed by atoms with van der Waals surface area (Å²) in [5.74, 6) is -0.452. The molecule has 158 valence electrons. The van der Waals surface area contributed by atoms with Gasteiger partial charge < -0.3 is 14.7 Å². The van der Waals surface area contributed by atoms with E-state index in [1.807, 2.05) is 19.0 Å². The van der Waals surface area contributed by atoms with Crippen molar-refractivity contribution in [3.8, 4) is 0 Å². The van der Waals surface area contributed by atoms with Crippen molar-refractivity contribution in [1.29, 1.82) is 0 Å². The van der Waals surface area contributed by atoms with Gasteiger partial charge in [0.2, 0.25) is 10.0 Å². The van der Waals surface area contributed by atoms with Crippen LogP contribution in [0.4, 0.5) is 10.1 Å². The molecule has 2 aromatic rings. The smallest absolute Gasteiger partial charge is 0.240 e. The molecule has 0 bridgehead atoms. The Morgan fingerprint density at radius 3 is 2.14 bits per heavy atom. The van der Waals surface area contributed by atoms with Gasteiger partial charge in [-0.05, 0) is 36.4 Å². The van der Waals surface area contributed by atoms with Gasteiger partial charge in [0.05, 0.1) is 18.5 Å². The summed E-state index contributed by atoms with van der Waals surface area (Å²) in [4.78, 5) is 5.01. The number of hydrogen-bond acceptors (Lipinski definition) is 3. The lowest BCUT2D eigenvalue weighted by molar-refractivity contribution is -1.02. The summed E-state index contributed by atoms with van der Waals surface area (Å²) in [5, 5.41) is 0. The van der Waals surface area contributed by atoms with E-state index in [4.69, 9.17) is 0 Å². The molecule has 0 saturated carbocycles. The molecular formula is C21H31FN4O2S+2. The standard InChI is InChI=1S/C21H29FN4O2S/c1-24(2)19-8-4-17(5-9-19)21(26-14-12-25(3)13-15-26)16-23-29(27,28)20-10-6-18(22)7-11-20/h4-11,21,23H,12-16H2,1-3H3/p+2/t21-/m0/s1. The Kier molecular flexibility index (Phi) is 6.89. The molecule has 0 amide bonds. The number of rotatable bonds is 7. The fourth-order valence-corrected chi connectivity index (χ4v) is 4.79. The van der Waals surface area contributed by atoms with E-state index in [1.165, 1.54) is 34.1 Å². The predicted octanol–water partition coefficient (Wildman–Crippen LogP) is -0.675. The third kappa shape index (κ3) is 5.54. The number of anilines is 1. The van der Waals surface area contributed by atoms with Crippen LogP contribution in [0.2, 0.25) is 0 Å². The van der Waals surface area contributed by atoms with E-state index in [2.05, 4.69) is 36.0 Å². The molecule has 8 heteroatoms. The van der Waals surface area contributed by atoms with Crippen molar-refractivity contribution in [2.75, 3.05) is 58.8 Å². The SMILES string of the molecule is CN(C)c1ccc([C@H](CNS(=O)(=O)c2ccc(F)cc2)[NH+]2CC[NH+](C)CC2)cc1. The number of benzene rings is 2. The van der Waals surface area contributed by atoms with E-state index in [0.29, 0.717) is 6.54 Å². The zero-order chi connectivity index (χ0) is 21.0. The van der Waals surface area contributed by atoms with Gasteiger partial charge in [-0.15, -0.1) is 0 Å². The molecule has 3 rings (SSSR count). The summed E-state index contributed by atoms with van der Waals surface area (Å²) in [7, 11) is 2.49. The maximum atomic E-state index is 13.2. The number of likely N-dealkylation sites (N-methyl/N-ethyl adjacent to an activating group) is 1. The third-order valence-corrected chi connectivity index (χ3v) is 7.09. The highest BCUT2D eigenvalue weighted by Gasteiger charge is 2.30. The third-order valence-electron chi connectivity index (χ3n) is 5.65. The van der Waals surface area contributed by atoms with Crippen molar-refractivity contribution < 1.29 is 22.6 Å². The van der Waals surface area contributed by atoms with Crippen LogP contribution in [0, 0.1) is 5.82 Å². The van der Waals surface area contributed by atoms with Crippen LogP contribution < -0.4 is 19.4 Å². The van der Waals surface area contributed by atoms with Crippen molar-refractivity contribution in [1.82, 2.24) is 4.72 Å². The number of nitrogens with zero attached hydrogens (tertiary/aromatic N) is 1. The van der Waals surface area contributed by atoms with Gasteiger partial charge in [-0.3, -0.25) is 0 Å². The maximum Gasteiger partial charge on any atom is 0.240 e. The van der Waals surface area contributed by atoms with Crippen molar-refractivity contribution in [3.05, 3.63) is 59.9 Å². The first-order chi connectivity index (χ1) is 13.8. The Morgan fingerprint density at radius 2 is 1.59 bits per heavy atom. The molecule has 1 aliphatic heterocycles. The van der Waals surface area contributed by atoms with Gasteiger partial charge in [-0.2, -0.15) is 0 Å². The van der Waals surface area contributed by atoms with Crippen LogP contribution >= 0.6 is 0 Å². The summed E-state index contributed by atoms with van der Waals surface area (Å²) in [6.45, 7) is 4.41. The Morgan fingerprint density at radius 1 is 1.00 bits per heavy atom. The molecule has 29 heavy (non-hydrogen) atoms. The van der Waals surface area contributed by atoms with Crippen LogP contribution in [-0.4, -0.2) is 62.3 Å². The van der Waals surface area contributed by atoms with E-state index in [0.717, 1.165) is 37.4 Å². The van der Waals surface area contributed by atoms with Crippen LogP contribution in [0.15, 0.2) is 53.4 Å². The Labute approximate surface area is 173 Å². The van der Waals surface area contributed by atoms with E-state index in [-0.39, 0.29) is 10.9 Å². The second kappa shape index (κ2) is 9.21. The highest BCUT2D eigenvalue weighted by atomic mass is 32.2. The van der Waals surface area contributed by atoms with Crippen molar-refractivity contribution in [3.63, 3.8) is 0 Å². The molecule has 2 aromatic carbocycles. The van der Waals surface area contributed by atoms with Gasteiger partial charge in [0.1, 0.15) is 38.0 Å². The molecule has 3 N–H and O–H groups in total. The van der Waals surface area contributed by atoms with Gasteiger partial charge >= 0.3 is 0 Å². The minimum Gasteiger partial charge on any atom is -0.378 e. The number of sulfonamides is 1. The minimum absolute atomic E-state index is 0.0227. The highest BCUT2D eigenvalue weighted by Crippen LogP contribution is 2.17. The molecule has 1 aliphatic rings. The summed E-state index contributed by atoms with van der Waals surface area (Å²) in [6, 6.07) is 13.3. The average Bonchev–Trinajstić information content (AvgIpc) is 2.70. The molecule has 0 spiro atoms. The van der Waals surface area contributed by atoms with Crippen LogP contribution in [0.25, 0.3) is 0 Å². The van der Waals surface area contributed by atoms with Crippen molar-refractivity contribution in [2.45, 2.75) is 10.9 Å². The minimum atomic E-state index is -3.69. The highest BCUT2D eigenvalue weighted by molar-refractivity contribution is 7.89. The fourth-order valence-electron chi connectivity index (χ4n) is 3.74. The molecule has 0 radical (unpaired) electrons. The number of nitrogens with one attached hydrogen (secondary N) is 3. The van der Waals surface area contributed by atoms with Gasteiger partial charge in [-0.25, -0.2) is 17.5 Å². The van der Waals surface area contributed by atoms with Crippen LogP contribution in [0.1, 0.15) is 11.6 Å². The molecule has 1 atom stereocenters. The molecular weight excluding hydrogens is 391 g/mol. The lowest BCUT2D eigenvalue weighted by atomic mass is 10.0. The van der Waals surface area contributed by atoms with Gasteiger partial charge in [0.15, 0.2) is 0 Å². The average molecular weight is 423 g/mol. The zero-order valence-corrected chi connectivity index (χ0v) is 18.1. The summed E-state index contributed by atoms with van der Waals surface area (Å²) in [6.07, 6.45) is 0. The monoisotopic (exact) mass is 422 g/mol. The molecule has 0 aromatic heterocycles. The normalized spacial score (nSPS) is 21.0. The molecule has 1 saturated heterocycles. The largest absolute Gasteiger partial charge is 0.378 e. The summed E-state index contributed by atoms with van der Waals surface area (Å²) in [5.41, 5.74) is 2.23.